The van der Waals surface area contributed by atoms with Gasteiger partial charge in [-0.15, -0.1) is 12.4 Å². The lowest BCUT2D eigenvalue weighted by molar-refractivity contribution is -0.122. The highest BCUT2D eigenvalue weighted by atomic mass is 35.5. The minimum atomic E-state index is -0.359. The first-order chi connectivity index (χ1) is 11.5. The van der Waals surface area contributed by atoms with E-state index in [4.69, 9.17) is 9.47 Å². The van der Waals surface area contributed by atoms with Gasteiger partial charge in [-0.25, -0.2) is 0 Å². The fraction of sp³-hybridized carbons (Fsp3) is 0.526. The summed E-state index contributed by atoms with van der Waals surface area (Å²) in [5.41, 5.74) is 1.68. The number of phenols is 1. The molecule has 1 aromatic carbocycles. The second-order valence-electron chi connectivity index (χ2n) is 7.17. The number of Topliss-reactive ketones (excluding diaryl/α,β-unsaturated/α-hetero) is 1. The van der Waals surface area contributed by atoms with Gasteiger partial charge >= 0.3 is 0 Å². The molecule has 2 bridgehead atoms. The van der Waals surface area contributed by atoms with E-state index in [1.54, 1.807) is 14.2 Å². The molecule has 136 valence electrons. The molecule has 1 aromatic rings. The SMILES string of the molecule is COC1=CC2[C@H]3Cc4ccc(OC)c(O)c4[C@@]2(CCN3C)CC1=O.Cl. The van der Waals surface area contributed by atoms with Gasteiger partial charge in [-0.05, 0) is 44.1 Å². The van der Waals surface area contributed by atoms with Crippen LogP contribution >= 0.6 is 12.4 Å². The number of halogens is 1. The average molecular weight is 366 g/mol. The molecule has 1 N–H and O–H groups in total. The Kier molecular flexibility index (Phi) is 4.50. The number of ether oxygens (including phenoxy) is 2. The van der Waals surface area contributed by atoms with E-state index in [0.717, 1.165) is 30.5 Å². The van der Waals surface area contributed by atoms with Crippen molar-refractivity contribution in [3.05, 3.63) is 35.1 Å². The Labute approximate surface area is 154 Å². The van der Waals surface area contributed by atoms with Gasteiger partial charge in [0, 0.05) is 29.4 Å². The summed E-state index contributed by atoms with van der Waals surface area (Å²) in [6, 6.07) is 4.18. The molecule has 2 aliphatic carbocycles. The van der Waals surface area contributed by atoms with E-state index in [0.29, 0.717) is 24.0 Å². The van der Waals surface area contributed by atoms with Crippen LogP contribution in [0.3, 0.4) is 0 Å². The normalized spacial score (nSPS) is 30.5. The summed E-state index contributed by atoms with van der Waals surface area (Å²) in [5.74, 6) is 1.32. The molecule has 1 saturated heterocycles. The zero-order valence-corrected chi connectivity index (χ0v) is 15.6. The molecule has 1 unspecified atom stereocenters. The summed E-state index contributed by atoms with van der Waals surface area (Å²) in [5, 5.41) is 10.9. The van der Waals surface area contributed by atoms with Crippen LogP contribution in [0.1, 0.15) is 24.0 Å². The lowest BCUT2D eigenvalue weighted by atomic mass is 9.53. The number of phenolic OH excluding ortho intramolecular Hbond substituents is 1. The van der Waals surface area contributed by atoms with Crippen molar-refractivity contribution in [2.24, 2.45) is 5.92 Å². The molecule has 4 rings (SSSR count). The van der Waals surface area contributed by atoms with Crippen molar-refractivity contribution in [1.29, 1.82) is 0 Å². The Morgan fingerprint density at radius 1 is 1.28 bits per heavy atom. The number of hydrogen-bond acceptors (Lipinski definition) is 5. The van der Waals surface area contributed by atoms with Crippen molar-refractivity contribution in [3.63, 3.8) is 0 Å². The molecule has 1 heterocycles. The fourth-order valence-electron chi connectivity index (χ4n) is 5.03. The summed E-state index contributed by atoms with van der Waals surface area (Å²) in [6.45, 7) is 0.917. The minimum Gasteiger partial charge on any atom is -0.504 e. The number of ketones is 1. The number of benzene rings is 1. The smallest absolute Gasteiger partial charge is 0.197 e. The van der Waals surface area contributed by atoms with E-state index in [9.17, 15) is 9.90 Å². The number of piperidine rings is 1. The first kappa shape index (κ1) is 18.1. The Bertz CT molecular complexity index is 747. The number of hydrogen-bond donors (Lipinski definition) is 1. The molecule has 6 heteroatoms. The van der Waals surface area contributed by atoms with Crippen LogP contribution in [0, 0.1) is 5.92 Å². The summed E-state index contributed by atoms with van der Waals surface area (Å²) in [6.07, 6.45) is 4.08. The monoisotopic (exact) mass is 365 g/mol. The lowest BCUT2D eigenvalue weighted by Crippen LogP contribution is -2.60. The third-order valence-corrected chi connectivity index (χ3v) is 6.21. The second kappa shape index (κ2) is 6.22. The highest BCUT2D eigenvalue weighted by Gasteiger charge is 2.56. The molecule has 0 radical (unpaired) electrons. The maximum absolute atomic E-state index is 12.6. The van der Waals surface area contributed by atoms with E-state index in [2.05, 4.69) is 11.9 Å². The van der Waals surface area contributed by atoms with Gasteiger partial charge in [-0.1, -0.05) is 6.07 Å². The fourth-order valence-corrected chi connectivity index (χ4v) is 5.03. The number of methoxy groups -OCH3 is 2. The number of likely N-dealkylation sites (tertiary alicyclic amines) is 1. The zero-order chi connectivity index (χ0) is 17.1. The quantitative estimate of drug-likeness (QED) is 0.872. The molecule has 3 aliphatic rings. The molecule has 0 spiro atoms. The number of carbonyl (C=O) groups is 1. The second-order valence-corrected chi connectivity index (χ2v) is 7.17. The van der Waals surface area contributed by atoms with Crippen LogP contribution in [-0.4, -0.2) is 49.6 Å². The predicted octanol–water partition coefficient (Wildman–Crippen LogP) is 2.44. The third-order valence-electron chi connectivity index (χ3n) is 6.21. The van der Waals surface area contributed by atoms with E-state index in [-0.39, 0.29) is 35.3 Å². The highest BCUT2D eigenvalue weighted by molar-refractivity contribution is 5.96. The van der Waals surface area contributed by atoms with E-state index in [1.165, 1.54) is 0 Å². The number of aromatic hydroxyl groups is 1. The number of carbonyl (C=O) groups excluding carboxylic acids is 1. The molecule has 5 nitrogen and oxygen atoms in total. The van der Waals surface area contributed by atoms with Gasteiger partial charge in [0.15, 0.2) is 23.0 Å². The molecular formula is C19H24ClNO4. The van der Waals surface area contributed by atoms with Crippen molar-refractivity contribution < 1.29 is 19.4 Å². The predicted molar refractivity (Wildman–Crippen MR) is 96.5 cm³/mol. The molecule has 25 heavy (non-hydrogen) atoms. The Morgan fingerprint density at radius 3 is 2.72 bits per heavy atom. The number of likely N-dealkylation sites (N-methyl/N-ethyl adjacent to an activating group) is 1. The first-order valence-electron chi connectivity index (χ1n) is 8.40. The molecule has 1 aliphatic heterocycles. The van der Waals surface area contributed by atoms with Crippen molar-refractivity contribution in [3.8, 4) is 11.5 Å². The van der Waals surface area contributed by atoms with Crippen molar-refractivity contribution >= 4 is 18.2 Å². The number of nitrogens with zero attached hydrogens (tertiary/aromatic N) is 1. The lowest BCUT2D eigenvalue weighted by Gasteiger charge is -2.56. The largest absolute Gasteiger partial charge is 0.504 e. The van der Waals surface area contributed by atoms with Crippen LogP contribution in [-0.2, 0) is 21.4 Å². The van der Waals surface area contributed by atoms with Gasteiger partial charge in [-0.3, -0.25) is 4.79 Å². The van der Waals surface area contributed by atoms with Gasteiger partial charge in [0.05, 0.1) is 14.2 Å². The van der Waals surface area contributed by atoms with Crippen molar-refractivity contribution in [2.45, 2.75) is 30.7 Å². The highest BCUT2D eigenvalue weighted by Crippen LogP contribution is 2.57. The standard InChI is InChI=1S/C19H23NO4.ClH/c1-20-7-6-19-10-14(21)16(24-3)9-12(19)13(20)8-11-4-5-15(23-2)18(22)17(11)19;/h4-5,9,12-13,22H,6-8,10H2,1-3H3;1H/t12?,13-,19+;/m1./s1. The van der Waals surface area contributed by atoms with Crippen LogP contribution in [0.15, 0.2) is 24.0 Å². The van der Waals surface area contributed by atoms with Crippen LogP contribution in [0.4, 0.5) is 0 Å². The van der Waals surface area contributed by atoms with E-state index >= 15 is 0 Å². The Balaban J connectivity index is 0.00000182. The molecule has 0 amide bonds. The van der Waals surface area contributed by atoms with Crippen LogP contribution in [0.5, 0.6) is 11.5 Å². The summed E-state index contributed by atoms with van der Waals surface area (Å²) < 4.78 is 10.6. The van der Waals surface area contributed by atoms with Gasteiger partial charge < -0.3 is 19.5 Å². The van der Waals surface area contributed by atoms with Crippen molar-refractivity contribution in [2.75, 3.05) is 27.8 Å². The molecule has 1 fully saturated rings. The van der Waals surface area contributed by atoms with Gasteiger partial charge in [-0.2, -0.15) is 0 Å². The van der Waals surface area contributed by atoms with Crippen LogP contribution in [0.2, 0.25) is 0 Å². The van der Waals surface area contributed by atoms with Crippen LogP contribution in [0.25, 0.3) is 0 Å². The Hall–Kier alpha value is -1.72. The maximum Gasteiger partial charge on any atom is 0.197 e. The molecule has 3 atom stereocenters. The van der Waals surface area contributed by atoms with Crippen molar-refractivity contribution in [1.82, 2.24) is 4.90 Å². The molecular weight excluding hydrogens is 342 g/mol. The number of allylic oxidation sites excluding steroid dienone is 1. The van der Waals surface area contributed by atoms with E-state index < -0.39 is 0 Å². The Morgan fingerprint density at radius 2 is 2.04 bits per heavy atom. The maximum atomic E-state index is 12.6. The molecule has 0 aromatic heterocycles. The average Bonchev–Trinajstić information content (AvgIpc) is 2.57. The number of fused-ring (bicyclic) bond motifs is 1. The minimum absolute atomic E-state index is 0. The van der Waals surface area contributed by atoms with Gasteiger partial charge in [0.1, 0.15) is 0 Å². The van der Waals surface area contributed by atoms with Crippen LogP contribution < -0.4 is 4.74 Å². The molecule has 0 saturated carbocycles. The van der Waals surface area contributed by atoms with E-state index in [1.807, 2.05) is 18.2 Å². The number of rotatable bonds is 2. The first-order valence-corrected chi connectivity index (χ1v) is 8.40. The third kappa shape index (κ3) is 2.36. The van der Waals surface area contributed by atoms with Gasteiger partial charge in [0.25, 0.3) is 0 Å². The topological polar surface area (TPSA) is 59.0 Å². The summed E-state index contributed by atoms with van der Waals surface area (Å²) in [7, 11) is 5.25. The summed E-state index contributed by atoms with van der Waals surface area (Å²) in [4.78, 5) is 15.0. The summed E-state index contributed by atoms with van der Waals surface area (Å²) >= 11 is 0. The van der Waals surface area contributed by atoms with Gasteiger partial charge in [0.2, 0.25) is 0 Å². The zero-order valence-electron chi connectivity index (χ0n) is 14.7.